The van der Waals surface area contributed by atoms with Gasteiger partial charge in [0.25, 0.3) is 0 Å². The molecule has 0 spiro atoms. The fourth-order valence-corrected chi connectivity index (χ4v) is 2.49. The van der Waals surface area contributed by atoms with Gasteiger partial charge in [-0.3, -0.25) is 0 Å². The number of aryl methyl sites for hydroxylation is 2. The first kappa shape index (κ1) is 20.0. The van der Waals surface area contributed by atoms with E-state index in [0.717, 1.165) is 54.5 Å². The molecular formula is C22H30N2O2. The summed E-state index contributed by atoms with van der Waals surface area (Å²) < 4.78 is 11.6. The summed E-state index contributed by atoms with van der Waals surface area (Å²) in [6, 6.07) is 12.3. The highest BCUT2D eigenvalue weighted by molar-refractivity contribution is 5.64. The van der Waals surface area contributed by atoms with Crippen molar-refractivity contribution in [2.75, 3.05) is 26.8 Å². The minimum Gasteiger partial charge on any atom is -0.457 e. The van der Waals surface area contributed by atoms with Gasteiger partial charge in [-0.15, -0.1) is 0 Å². The number of ether oxygens (including phenoxy) is 2. The average molecular weight is 354 g/mol. The number of hydrogen-bond acceptors (Lipinski definition) is 3. The van der Waals surface area contributed by atoms with E-state index < -0.39 is 0 Å². The van der Waals surface area contributed by atoms with E-state index in [-0.39, 0.29) is 0 Å². The lowest BCUT2D eigenvalue weighted by atomic mass is 10.1. The van der Waals surface area contributed by atoms with E-state index in [2.05, 4.69) is 50.0 Å². The molecule has 0 aliphatic rings. The van der Waals surface area contributed by atoms with Gasteiger partial charge >= 0.3 is 0 Å². The van der Waals surface area contributed by atoms with Crippen molar-refractivity contribution in [1.82, 2.24) is 4.90 Å². The number of rotatable bonds is 9. The van der Waals surface area contributed by atoms with Gasteiger partial charge in [-0.25, -0.2) is 4.99 Å². The molecule has 140 valence electrons. The quantitative estimate of drug-likeness (QED) is 0.349. The maximum Gasteiger partial charge on any atom is 0.130 e. The van der Waals surface area contributed by atoms with Crippen LogP contribution in [-0.4, -0.2) is 38.0 Å². The van der Waals surface area contributed by atoms with Crippen molar-refractivity contribution in [2.45, 2.75) is 34.1 Å². The summed E-state index contributed by atoms with van der Waals surface area (Å²) in [6.45, 7) is 10.6. The Hall–Kier alpha value is -2.33. The maximum atomic E-state index is 6.14. The molecule has 0 saturated heterocycles. The first-order chi connectivity index (χ1) is 12.5. The molecule has 26 heavy (non-hydrogen) atoms. The molecule has 0 saturated carbocycles. The van der Waals surface area contributed by atoms with Gasteiger partial charge in [0.2, 0.25) is 0 Å². The number of nitrogens with zero attached hydrogens (tertiary/aromatic N) is 2. The fraction of sp³-hybridized carbons (Fsp3) is 0.409. The van der Waals surface area contributed by atoms with Crippen molar-refractivity contribution >= 4 is 12.0 Å². The highest BCUT2D eigenvalue weighted by Crippen LogP contribution is 2.31. The van der Waals surface area contributed by atoms with E-state index in [1.54, 1.807) is 0 Å². The zero-order chi connectivity index (χ0) is 18.9. The Morgan fingerprint density at radius 1 is 1.08 bits per heavy atom. The molecule has 0 heterocycles. The molecule has 0 radical (unpaired) electrons. The van der Waals surface area contributed by atoms with Crippen LogP contribution in [0.25, 0.3) is 0 Å². The Morgan fingerprint density at radius 3 is 2.62 bits per heavy atom. The van der Waals surface area contributed by atoms with Crippen LogP contribution in [0.5, 0.6) is 11.5 Å². The molecule has 2 aromatic rings. The highest BCUT2D eigenvalue weighted by atomic mass is 16.5. The second-order valence-corrected chi connectivity index (χ2v) is 6.42. The van der Waals surface area contributed by atoms with E-state index in [0.29, 0.717) is 0 Å². The Morgan fingerprint density at radius 2 is 1.88 bits per heavy atom. The van der Waals surface area contributed by atoms with Gasteiger partial charge in [-0.2, -0.15) is 0 Å². The summed E-state index contributed by atoms with van der Waals surface area (Å²) >= 11 is 0. The van der Waals surface area contributed by atoms with Gasteiger partial charge in [-0.05, 0) is 75.1 Å². The SMILES string of the molecule is CCOCCc1cccc(Oc2cc(C)c(N=CN(C)CC)cc2C)c1. The molecule has 2 aromatic carbocycles. The average Bonchev–Trinajstić information content (AvgIpc) is 2.63. The van der Waals surface area contributed by atoms with Crippen LogP contribution in [-0.2, 0) is 11.2 Å². The minimum atomic E-state index is 0.733. The predicted molar refractivity (Wildman–Crippen MR) is 109 cm³/mol. The Labute approximate surface area is 157 Å². The summed E-state index contributed by atoms with van der Waals surface area (Å²) in [4.78, 5) is 6.62. The van der Waals surface area contributed by atoms with Gasteiger partial charge in [0.05, 0.1) is 18.6 Å². The topological polar surface area (TPSA) is 34.1 Å². The minimum absolute atomic E-state index is 0.733. The number of benzene rings is 2. The van der Waals surface area contributed by atoms with Crippen LogP contribution >= 0.6 is 0 Å². The normalized spacial score (nSPS) is 11.1. The summed E-state index contributed by atoms with van der Waals surface area (Å²) in [5.74, 6) is 1.72. The van der Waals surface area contributed by atoms with Gasteiger partial charge in [-0.1, -0.05) is 12.1 Å². The van der Waals surface area contributed by atoms with Gasteiger partial charge in [0.1, 0.15) is 11.5 Å². The molecule has 0 aromatic heterocycles. The fourth-order valence-electron chi connectivity index (χ4n) is 2.49. The largest absolute Gasteiger partial charge is 0.457 e. The van der Waals surface area contributed by atoms with E-state index in [9.17, 15) is 0 Å². The van der Waals surface area contributed by atoms with Gasteiger partial charge in [0.15, 0.2) is 0 Å². The first-order valence-corrected chi connectivity index (χ1v) is 9.23. The lowest BCUT2D eigenvalue weighted by Crippen LogP contribution is -2.14. The number of hydrogen-bond donors (Lipinski definition) is 0. The third-order valence-electron chi connectivity index (χ3n) is 4.25. The van der Waals surface area contributed by atoms with Crippen LogP contribution in [0.15, 0.2) is 41.4 Å². The molecule has 0 aliphatic heterocycles. The molecule has 4 heteroatoms. The molecule has 2 rings (SSSR count). The van der Waals surface area contributed by atoms with Crippen molar-refractivity contribution in [2.24, 2.45) is 4.99 Å². The molecule has 0 amide bonds. The molecule has 0 fully saturated rings. The zero-order valence-electron chi connectivity index (χ0n) is 16.6. The zero-order valence-corrected chi connectivity index (χ0v) is 16.6. The van der Waals surface area contributed by atoms with Crippen molar-refractivity contribution in [3.63, 3.8) is 0 Å². The smallest absolute Gasteiger partial charge is 0.130 e. The van der Waals surface area contributed by atoms with Gasteiger partial charge < -0.3 is 14.4 Å². The third kappa shape index (κ3) is 5.88. The van der Waals surface area contributed by atoms with Crippen molar-refractivity contribution in [3.8, 4) is 11.5 Å². The molecule has 0 aliphatic carbocycles. The molecule has 0 bridgehead atoms. The van der Waals surface area contributed by atoms with Crippen molar-refractivity contribution in [1.29, 1.82) is 0 Å². The Bertz CT molecular complexity index is 741. The van der Waals surface area contributed by atoms with Crippen LogP contribution in [0, 0.1) is 13.8 Å². The lowest BCUT2D eigenvalue weighted by molar-refractivity contribution is 0.151. The Balaban J connectivity index is 2.13. The molecule has 0 N–H and O–H groups in total. The van der Waals surface area contributed by atoms with E-state index >= 15 is 0 Å². The molecule has 0 atom stereocenters. The highest BCUT2D eigenvalue weighted by Gasteiger charge is 2.07. The third-order valence-corrected chi connectivity index (χ3v) is 4.25. The van der Waals surface area contributed by atoms with E-state index in [4.69, 9.17) is 9.47 Å². The van der Waals surface area contributed by atoms with Crippen LogP contribution < -0.4 is 4.74 Å². The first-order valence-electron chi connectivity index (χ1n) is 9.23. The monoisotopic (exact) mass is 354 g/mol. The van der Waals surface area contributed by atoms with E-state index in [1.807, 2.05) is 37.3 Å². The summed E-state index contributed by atoms with van der Waals surface area (Å²) in [5.41, 5.74) is 4.36. The second kappa shape index (κ2) is 9.97. The molecule has 4 nitrogen and oxygen atoms in total. The maximum absolute atomic E-state index is 6.14. The standard InChI is InChI=1S/C22H30N2O2/c1-6-24(5)16-23-21-13-18(4)22(14-17(21)3)26-20-10-8-9-19(15-20)11-12-25-7-2/h8-10,13-16H,6-7,11-12H2,1-5H3. The van der Waals surface area contributed by atoms with Crippen LogP contribution in [0.2, 0.25) is 0 Å². The molecule has 0 unspecified atom stereocenters. The Kier molecular flexibility index (Phi) is 7.67. The van der Waals surface area contributed by atoms with Gasteiger partial charge in [0, 0.05) is 20.2 Å². The van der Waals surface area contributed by atoms with E-state index in [1.165, 1.54) is 5.56 Å². The molecular weight excluding hydrogens is 324 g/mol. The van der Waals surface area contributed by atoms with Crippen molar-refractivity contribution in [3.05, 3.63) is 53.1 Å². The summed E-state index contributed by atoms with van der Waals surface area (Å²) in [7, 11) is 2.02. The predicted octanol–water partition coefficient (Wildman–Crippen LogP) is 5.29. The van der Waals surface area contributed by atoms with Crippen LogP contribution in [0.4, 0.5) is 5.69 Å². The second-order valence-electron chi connectivity index (χ2n) is 6.42. The van der Waals surface area contributed by atoms with Crippen LogP contribution in [0.3, 0.4) is 0 Å². The van der Waals surface area contributed by atoms with Crippen LogP contribution in [0.1, 0.15) is 30.5 Å². The summed E-state index contributed by atoms with van der Waals surface area (Å²) in [6.07, 6.45) is 2.76. The lowest BCUT2D eigenvalue weighted by Gasteiger charge is -2.13. The van der Waals surface area contributed by atoms with Crippen molar-refractivity contribution < 1.29 is 9.47 Å². The number of aliphatic imine (C=N–C) groups is 1. The summed E-state index contributed by atoms with van der Waals surface area (Å²) in [5, 5.41) is 0.